The highest BCUT2D eigenvalue weighted by Gasteiger charge is 2.20. The number of nitrogens with one attached hydrogen (secondary N) is 1. The Labute approximate surface area is 96.9 Å². The third-order valence-electron chi connectivity index (χ3n) is 3.37. The van der Waals surface area contributed by atoms with Gasteiger partial charge in [-0.25, -0.2) is 0 Å². The van der Waals surface area contributed by atoms with Gasteiger partial charge in [-0.3, -0.25) is 0 Å². The van der Waals surface area contributed by atoms with E-state index in [9.17, 15) is 0 Å². The highest BCUT2D eigenvalue weighted by atomic mass is 14.7. The number of hydrogen-bond donors (Lipinski definition) is 2. The summed E-state index contributed by atoms with van der Waals surface area (Å²) < 4.78 is 0. The highest BCUT2D eigenvalue weighted by Crippen LogP contribution is 2.32. The van der Waals surface area contributed by atoms with Crippen molar-refractivity contribution in [2.24, 2.45) is 11.7 Å². The van der Waals surface area contributed by atoms with Crippen molar-refractivity contribution in [3.63, 3.8) is 0 Å². The van der Waals surface area contributed by atoms with E-state index in [1.807, 2.05) is 0 Å². The zero-order valence-corrected chi connectivity index (χ0v) is 10.2. The minimum absolute atomic E-state index is 0.441. The largest absolute Gasteiger partial charge is 0.358 e. The molecule has 3 N–H and O–H groups in total. The maximum Gasteiger partial charge on any atom is 0.0458 e. The summed E-state index contributed by atoms with van der Waals surface area (Å²) in [5, 5.41) is 1.32. The molecule has 2 rings (SSSR count). The van der Waals surface area contributed by atoms with Gasteiger partial charge in [-0.1, -0.05) is 32.0 Å². The van der Waals surface area contributed by atoms with E-state index >= 15 is 0 Å². The predicted octanol–water partition coefficient (Wildman–Crippen LogP) is 3.17. The van der Waals surface area contributed by atoms with E-state index in [1.54, 1.807) is 0 Å². The molecule has 1 aromatic heterocycles. The van der Waals surface area contributed by atoms with Crippen LogP contribution in [0.4, 0.5) is 0 Å². The van der Waals surface area contributed by atoms with Gasteiger partial charge in [-0.05, 0) is 31.0 Å². The van der Waals surface area contributed by atoms with Crippen molar-refractivity contribution in [3.05, 3.63) is 35.5 Å². The van der Waals surface area contributed by atoms with Crippen molar-refractivity contribution in [2.45, 2.75) is 26.7 Å². The molecule has 0 fully saturated rings. The third kappa shape index (κ3) is 1.74. The van der Waals surface area contributed by atoms with E-state index in [4.69, 9.17) is 5.73 Å². The van der Waals surface area contributed by atoms with E-state index in [-0.39, 0.29) is 0 Å². The molecule has 0 radical (unpaired) electrons. The first kappa shape index (κ1) is 11.2. The SMILES string of the molecule is Cc1[nH]c2ccccc2c1C(CN)C(C)C. The second-order valence-electron chi connectivity index (χ2n) is 4.80. The van der Waals surface area contributed by atoms with Crippen LogP contribution in [0.25, 0.3) is 10.9 Å². The lowest BCUT2D eigenvalue weighted by molar-refractivity contribution is 0.507. The van der Waals surface area contributed by atoms with Gasteiger partial charge < -0.3 is 10.7 Å². The lowest BCUT2D eigenvalue weighted by Crippen LogP contribution is -2.18. The first-order valence-corrected chi connectivity index (χ1v) is 5.92. The van der Waals surface area contributed by atoms with Crippen LogP contribution in [0.2, 0.25) is 0 Å². The number of hydrogen-bond acceptors (Lipinski definition) is 1. The molecule has 16 heavy (non-hydrogen) atoms. The quantitative estimate of drug-likeness (QED) is 0.813. The Balaban J connectivity index is 2.62. The minimum atomic E-state index is 0.441. The molecule has 0 saturated heterocycles. The molecule has 0 aliphatic carbocycles. The maximum absolute atomic E-state index is 5.91. The molecule has 2 nitrogen and oxygen atoms in total. The molecule has 2 heteroatoms. The third-order valence-corrected chi connectivity index (χ3v) is 3.37. The smallest absolute Gasteiger partial charge is 0.0458 e. The monoisotopic (exact) mass is 216 g/mol. The van der Waals surface area contributed by atoms with Gasteiger partial charge in [-0.15, -0.1) is 0 Å². The van der Waals surface area contributed by atoms with Gasteiger partial charge in [0, 0.05) is 22.5 Å². The van der Waals surface area contributed by atoms with Gasteiger partial charge in [0.25, 0.3) is 0 Å². The van der Waals surface area contributed by atoms with Crippen LogP contribution in [0.3, 0.4) is 0 Å². The van der Waals surface area contributed by atoms with E-state index < -0.39 is 0 Å². The Bertz CT molecular complexity index is 482. The standard InChI is InChI=1S/C14H20N2/c1-9(2)12(8-15)14-10(3)16-13-7-5-4-6-11(13)14/h4-7,9,12,16H,8,15H2,1-3H3. The Morgan fingerprint density at radius 3 is 2.56 bits per heavy atom. The molecular weight excluding hydrogens is 196 g/mol. The lowest BCUT2D eigenvalue weighted by Gasteiger charge is -2.19. The van der Waals surface area contributed by atoms with Gasteiger partial charge in [0.1, 0.15) is 0 Å². The number of aromatic nitrogens is 1. The molecule has 0 saturated carbocycles. The summed E-state index contributed by atoms with van der Waals surface area (Å²) in [5.74, 6) is 1.01. The molecule has 1 aromatic carbocycles. The highest BCUT2D eigenvalue weighted by molar-refractivity contribution is 5.85. The lowest BCUT2D eigenvalue weighted by atomic mass is 9.87. The predicted molar refractivity (Wildman–Crippen MR) is 69.7 cm³/mol. The van der Waals surface area contributed by atoms with Gasteiger partial charge in [0.2, 0.25) is 0 Å². The number of fused-ring (bicyclic) bond motifs is 1. The van der Waals surface area contributed by atoms with Crippen molar-refractivity contribution in [1.82, 2.24) is 4.98 Å². The number of nitrogens with two attached hydrogens (primary N) is 1. The number of H-pyrrole nitrogens is 1. The zero-order valence-electron chi connectivity index (χ0n) is 10.2. The molecule has 1 unspecified atom stereocenters. The Kier molecular flexibility index (Phi) is 3.01. The van der Waals surface area contributed by atoms with Crippen LogP contribution >= 0.6 is 0 Å². The molecule has 1 heterocycles. The summed E-state index contributed by atoms with van der Waals surface area (Å²) in [6.07, 6.45) is 0. The summed E-state index contributed by atoms with van der Waals surface area (Å²) in [4.78, 5) is 3.44. The Hall–Kier alpha value is -1.28. The number of para-hydroxylation sites is 1. The van der Waals surface area contributed by atoms with Gasteiger partial charge in [0.05, 0.1) is 0 Å². The second-order valence-corrected chi connectivity index (χ2v) is 4.80. The summed E-state index contributed by atoms with van der Waals surface area (Å²) in [6, 6.07) is 8.46. The van der Waals surface area contributed by atoms with Crippen LogP contribution < -0.4 is 5.73 Å². The van der Waals surface area contributed by atoms with Crippen LogP contribution in [-0.4, -0.2) is 11.5 Å². The average molecular weight is 216 g/mol. The summed E-state index contributed by atoms with van der Waals surface area (Å²) >= 11 is 0. The zero-order chi connectivity index (χ0) is 11.7. The Morgan fingerprint density at radius 1 is 1.25 bits per heavy atom. The van der Waals surface area contributed by atoms with Crippen LogP contribution in [0.1, 0.15) is 31.0 Å². The normalized spacial score (nSPS) is 13.6. The van der Waals surface area contributed by atoms with Crippen molar-refractivity contribution < 1.29 is 0 Å². The van der Waals surface area contributed by atoms with E-state index in [1.165, 1.54) is 22.2 Å². The summed E-state index contributed by atoms with van der Waals surface area (Å²) in [5.41, 5.74) is 9.78. The van der Waals surface area contributed by atoms with Crippen LogP contribution in [0.15, 0.2) is 24.3 Å². The molecule has 0 spiro atoms. The maximum atomic E-state index is 5.91. The fraction of sp³-hybridized carbons (Fsp3) is 0.429. The van der Waals surface area contributed by atoms with Crippen molar-refractivity contribution >= 4 is 10.9 Å². The molecule has 2 aromatic rings. The molecule has 0 aliphatic rings. The molecule has 0 amide bonds. The second kappa shape index (κ2) is 4.30. The van der Waals surface area contributed by atoms with Crippen LogP contribution in [-0.2, 0) is 0 Å². The van der Waals surface area contributed by atoms with Gasteiger partial charge in [-0.2, -0.15) is 0 Å². The summed E-state index contributed by atoms with van der Waals surface area (Å²) in [7, 11) is 0. The van der Waals surface area contributed by atoms with Crippen LogP contribution in [0, 0.1) is 12.8 Å². The summed E-state index contributed by atoms with van der Waals surface area (Å²) in [6.45, 7) is 7.32. The van der Waals surface area contributed by atoms with E-state index in [0.29, 0.717) is 18.4 Å². The fourth-order valence-electron chi connectivity index (χ4n) is 2.50. The molecule has 86 valence electrons. The average Bonchev–Trinajstić information content (AvgIpc) is 2.57. The molecule has 1 atom stereocenters. The number of aryl methyl sites for hydroxylation is 1. The van der Waals surface area contributed by atoms with Crippen LogP contribution in [0.5, 0.6) is 0 Å². The minimum Gasteiger partial charge on any atom is -0.358 e. The molecule has 0 aliphatic heterocycles. The van der Waals surface area contributed by atoms with Crippen molar-refractivity contribution in [3.8, 4) is 0 Å². The molecule has 0 bridgehead atoms. The topological polar surface area (TPSA) is 41.8 Å². The fourth-order valence-corrected chi connectivity index (χ4v) is 2.50. The number of aromatic amines is 1. The van der Waals surface area contributed by atoms with Gasteiger partial charge in [0.15, 0.2) is 0 Å². The van der Waals surface area contributed by atoms with E-state index in [2.05, 4.69) is 50.0 Å². The number of rotatable bonds is 3. The van der Waals surface area contributed by atoms with Gasteiger partial charge >= 0.3 is 0 Å². The Morgan fingerprint density at radius 2 is 1.94 bits per heavy atom. The van der Waals surface area contributed by atoms with Crippen molar-refractivity contribution in [1.29, 1.82) is 0 Å². The first-order valence-electron chi connectivity index (χ1n) is 5.92. The molecular formula is C14H20N2. The number of benzene rings is 1. The van der Waals surface area contributed by atoms with E-state index in [0.717, 1.165) is 0 Å². The van der Waals surface area contributed by atoms with Crippen molar-refractivity contribution in [2.75, 3.05) is 6.54 Å². The first-order chi connectivity index (χ1) is 7.65.